The summed E-state index contributed by atoms with van der Waals surface area (Å²) in [5, 5.41) is 20.9. The van der Waals surface area contributed by atoms with Gasteiger partial charge in [0.15, 0.2) is 5.13 Å². The zero-order valence-corrected chi connectivity index (χ0v) is 14.1. The van der Waals surface area contributed by atoms with Crippen molar-refractivity contribution in [3.05, 3.63) is 47.0 Å². The molecule has 6 nitrogen and oxygen atoms in total. The number of anilines is 1. The summed E-state index contributed by atoms with van der Waals surface area (Å²) in [5.74, 6) is -0.151. The second kappa shape index (κ2) is 6.88. The second-order valence-electron chi connectivity index (χ2n) is 6.28. The lowest BCUT2D eigenvalue weighted by molar-refractivity contribution is -0.0667. The molecule has 0 unspecified atom stereocenters. The fourth-order valence-corrected chi connectivity index (χ4v) is 3.90. The van der Waals surface area contributed by atoms with Gasteiger partial charge in [-0.2, -0.15) is 0 Å². The number of carbonyl (C=O) groups excluding carboxylic acids is 1. The van der Waals surface area contributed by atoms with Gasteiger partial charge in [0.05, 0.1) is 18.9 Å². The molecule has 4 N–H and O–H groups in total. The van der Waals surface area contributed by atoms with Crippen molar-refractivity contribution in [1.82, 2.24) is 9.88 Å². The molecule has 1 aromatic carbocycles. The van der Waals surface area contributed by atoms with E-state index >= 15 is 0 Å². The minimum Gasteiger partial charge on any atom is -0.396 e. The molecule has 1 amide bonds. The monoisotopic (exact) mass is 347 g/mol. The highest BCUT2D eigenvalue weighted by molar-refractivity contribution is 7.17. The summed E-state index contributed by atoms with van der Waals surface area (Å²) in [6, 6.07) is 9.72. The Balaban J connectivity index is 1.82. The van der Waals surface area contributed by atoms with Crippen LogP contribution in [-0.4, -0.2) is 51.8 Å². The zero-order valence-electron chi connectivity index (χ0n) is 13.3. The predicted octanol–water partition coefficient (Wildman–Crippen LogP) is 1.15. The highest BCUT2D eigenvalue weighted by Gasteiger charge is 2.44. The summed E-state index contributed by atoms with van der Waals surface area (Å²) >= 11 is 1.15. The maximum atomic E-state index is 12.7. The number of piperidine rings is 1. The van der Waals surface area contributed by atoms with Crippen LogP contribution in [-0.2, 0) is 6.42 Å². The molecule has 0 radical (unpaired) electrons. The highest BCUT2D eigenvalue weighted by Crippen LogP contribution is 2.35. The van der Waals surface area contributed by atoms with E-state index in [0.29, 0.717) is 35.9 Å². The van der Waals surface area contributed by atoms with Crippen molar-refractivity contribution in [2.45, 2.75) is 18.9 Å². The number of hydrogen-bond acceptors (Lipinski definition) is 6. The van der Waals surface area contributed by atoms with E-state index in [1.54, 1.807) is 4.90 Å². The quantitative estimate of drug-likeness (QED) is 0.770. The molecule has 7 heteroatoms. The van der Waals surface area contributed by atoms with Crippen molar-refractivity contribution >= 4 is 22.4 Å². The summed E-state index contributed by atoms with van der Waals surface area (Å²) in [5.41, 5.74) is 5.88. The highest BCUT2D eigenvalue weighted by atomic mass is 32.1. The molecule has 1 fully saturated rings. The number of carbonyl (C=O) groups is 1. The van der Waals surface area contributed by atoms with E-state index in [0.717, 1.165) is 16.9 Å². The molecular weight excluding hydrogens is 326 g/mol. The third-order valence-electron chi connectivity index (χ3n) is 4.62. The smallest absolute Gasteiger partial charge is 0.265 e. The minimum atomic E-state index is -0.758. The third-order valence-corrected chi connectivity index (χ3v) is 5.44. The van der Waals surface area contributed by atoms with Crippen molar-refractivity contribution < 1.29 is 15.0 Å². The van der Waals surface area contributed by atoms with Gasteiger partial charge in [-0.25, -0.2) is 4.98 Å². The van der Waals surface area contributed by atoms with Gasteiger partial charge >= 0.3 is 0 Å². The Morgan fingerprint density at radius 3 is 2.79 bits per heavy atom. The van der Waals surface area contributed by atoms with Crippen molar-refractivity contribution in [3.8, 4) is 0 Å². The van der Waals surface area contributed by atoms with Crippen LogP contribution in [0.4, 0.5) is 5.13 Å². The van der Waals surface area contributed by atoms with E-state index in [4.69, 9.17) is 5.73 Å². The molecule has 1 saturated heterocycles. The summed E-state index contributed by atoms with van der Waals surface area (Å²) in [7, 11) is 0. The number of aliphatic hydroxyl groups excluding tert-OH is 2. The maximum absolute atomic E-state index is 12.7. The first-order valence-electron chi connectivity index (χ1n) is 7.87. The number of amides is 1. The van der Waals surface area contributed by atoms with E-state index in [-0.39, 0.29) is 12.5 Å². The first kappa shape index (κ1) is 16.9. The van der Waals surface area contributed by atoms with Crippen LogP contribution in [0.15, 0.2) is 36.5 Å². The molecule has 0 bridgehead atoms. The number of likely N-dealkylation sites (tertiary alicyclic amines) is 1. The molecule has 24 heavy (non-hydrogen) atoms. The minimum absolute atomic E-state index is 0.151. The topological polar surface area (TPSA) is 99.7 Å². The van der Waals surface area contributed by atoms with Crippen LogP contribution in [0.25, 0.3) is 0 Å². The molecule has 2 heterocycles. The summed E-state index contributed by atoms with van der Waals surface area (Å²) in [6.07, 6.45) is 1.77. The number of rotatable bonds is 4. The lowest BCUT2D eigenvalue weighted by Gasteiger charge is -2.45. The lowest BCUT2D eigenvalue weighted by Crippen LogP contribution is -2.56. The Morgan fingerprint density at radius 1 is 1.42 bits per heavy atom. The molecule has 0 saturated carbocycles. The molecule has 0 spiro atoms. The number of aliphatic hydroxyl groups is 2. The Hall–Kier alpha value is -1.96. The SMILES string of the molecule is Nc1ncc(C(=O)N2CC[C@H](O)[C@](CO)(Cc3ccccc3)C2)s1. The molecule has 1 aliphatic rings. The first-order chi connectivity index (χ1) is 11.5. The van der Waals surface area contributed by atoms with Crippen molar-refractivity contribution in [3.63, 3.8) is 0 Å². The Bertz CT molecular complexity index is 706. The van der Waals surface area contributed by atoms with Gasteiger partial charge < -0.3 is 20.8 Å². The Labute approximate surface area is 144 Å². The van der Waals surface area contributed by atoms with Crippen LogP contribution in [0.1, 0.15) is 21.7 Å². The standard InChI is InChI=1S/C17H21N3O3S/c18-16-19-9-13(24-16)15(23)20-7-6-14(22)17(10-20,11-21)8-12-4-2-1-3-5-12/h1-5,9,14,21-22H,6-8,10-11H2,(H2,18,19)/t14-,17+/m0/s1. The van der Waals surface area contributed by atoms with Gasteiger partial charge in [-0.05, 0) is 18.4 Å². The average Bonchev–Trinajstić information content (AvgIpc) is 3.03. The van der Waals surface area contributed by atoms with Gasteiger partial charge in [0, 0.05) is 18.5 Å². The van der Waals surface area contributed by atoms with Crippen molar-refractivity contribution in [2.75, 3.05) is 25.4 Å². The van der Waals surface area contributed by atoms with Crippen LogP contribution in [0.5, 0.6) is 0 Å². The average molecular weight is 347 g/mol. The Morgan fingerprint density at radius 2 is 2.17 bits per heavy atom. The van der Waals surface area contributed by atoms with Gasteiger partial charge in [-0.15, -0.1) is 0 Å². The molecule has 128 valence electrons. The van der Waals surface area contributed by atoms with Crippen LogP contribution in [0.2, 0.25) is 0 Å². The number of nitrogen functional groups attached to an aromatic ring is 1. The number of nitrogens with two attached hydrogens (primary N) is 1. The molecular formula is C17H21N3O3S. The summed E-state index contributed by atoms with van der Waals surface area (Å²) < 4.78 is 0. The number of hydrogen-bond donors (Lipinski definition) is 3. The zero-order chi connectivity index (χ0) is 17.2. The van der Waals surface area contributed by atoms with Crippen molar-refractivity contribution in [1.29, 1.82) is 0 Å². The number of thiazole rings is 1. The fourth-order valence-electron chi connectivity index (χ4n) is 3.25. The summed E-state index contributed by atoms with van der Waals surface area (Å²) in [6.45, 7) is 0.572. The molecule has 1 aromatic heterocycles. The van der Waals surface area contributed by atoms with Crippen LogP contribution in [0, 0.1) is 5.41 Å². The van der Waals surface area contributed by atoms with Gasteiger partial charge in [-0.3, -0.25) is 4.79 Å². The van der Waals surface area contributed by atoms with E-state index < -0.39 is 11.5 Å². The van der Waals surface area contributed by atoms with E-state index in [1.807, 2.05) is 30.3 Å². The molecule has 2 atom stereocenters. The van der Waals surface area contributed by atoms with E-state index in [2.05, 4.69) is 4.98 Å². The maximum Gasteiger partial charge on any atom is 0.265 e. The molecule has 0 aliphatic carbocycles. The molecule has 2 aromatic rings. The number of nitrogens with zero attached hydrogens (tertiary/aromatic N) is 2. The van der Waals surface area contributed by atoms with Crippen LogP contribution in [0.3, 0.4) is 0 Å². The summed E-state index contributed by atoms with van der Waals surface area (Å²) in [4.78, 5) is 18.7. The molecule has 3 rings (SSSR count). The van der Waals surface area contributed by atoms with Crippen LogP contribution >= 0.6 is 11.3 Å². The number of benzene rings is 1. The normalized spacial score (nSPS) is 24.1. The van der Waals surface area contributed by atoms with Gasteiger partial charge in [0.2, 0.25) is 0 Å². The van der Waals surface area contributed by atoms with E-state index in [9.17, 15) is 15.0 Å². The van der Waals surface area contributed by atoms with Gasteiger partial charge in [0.1, 0.15) is 4.88 Å². The predicted molar refractivity (Wildman–Crippen MR) is 92.7 cm³/mol. The first-order valence-corrected chi connectivity index (χ1v) is 8.69. The van der Waals surface area contributed by atoms with E-state index in [1.165, 1.54) is 6.20 Å². The van der Waals surface area contributed by atoms with Gasteiger partial charge in [-0.1, -0.05) is 41.7 Å². The fraction of sp³-hybridized carbons (Fsp3) is 0.412. The third kappa shape index (κ3) is 3.28. The Kier molecular flexibility index (Phi) is 4.84. The lowest BCUT2D eigenvalue weighted by atomic mass is 9.73. The largest absolute Gasteiger partial charge is 0.396 e. The van der Waals surface area contributed by atoms with Crippen molar-refractivity contribution in [2.24, 2.45) is 5.41 Å². The molecule has 1 aliphatic heterocycles. The second-order valence-corrected chi connectivity index (χ2v) is 7.34. The van der Waals surface area contributed by atoms with Gasteiger partial charge in [0.25, 0.3) is 5.91 Å². The van der Waals surface area contributed by atoms with Crippen LogP contribution < -0.4 is 5.73 Å². The number of aromatic nitrogens is 1.